The van der Waals surface area contributed by atoms with Gasteiger partial charge in [-0.2, -0.15) is 5.10 Å². The van der Waals surface area contributed by atoms with Gasteiger partial charge in [0.15, 0.2) is 0 Å². The zero-order valence-electron chi connectivity index (χ0n) is 16.6. The number of urea groups is 1. The van der Waals surface area contributed by atoms with Gasteiger partial charge in [-0.15, -0.1) is 0 Å². The van der Waals surface area contributed by atoms with E-state index in [0.29, 0.717) is 30.9 Å². The highest BCUT2D eigenvalue weighted by Crippen LogP contribution is 2.33. The first-order valence-corrected chi connectivity index (χ1v) is 9.76. The largest absolute Gasteiger partial charge is 0.494 e. The molecule has 1 aromatic heterocycles. The lowest BCUT2D eigenvalue weighted by Crippen LogP contribution is -2.28. The van der Waals surface area contributed by atoms with E-state index in [-0.39, 0.29) is 11.9 Å². The molecule has 0 saturated carbocycles. The Hall–Kier alpha value is -3.81. The van der Waals surface area contributed by atoms with Crippen LogP contribution in [0.15, 0.2) is 54.7 Å². The van der Waals surface area contributed by atoms with Gasteiger partial charge in [0.25, 0.3) is 0 Å². The van der Waals surface area contributed by atoms with Gasteiger partial charge in [-0.1, -0.05) is 24.3 Å². The first kappa shape index (κ1) is 19.5. The number of carbonyl (C=O) groups excluding carboxylic acids is 2. The summed E-state index contributed by atoms with van der Waals surface area (Å²) in [4.78, 5) is 26.0. The Balaban J connectivity index is 1.35. The van der Waals surface area contributed by atoms with Crippen molar-refractivity contribution in [3.63, 3.8) is 0 Å². The molecule has 1 fully saturated rings. The van der Waals surface area contributed by atoms with E-state index in [4.69, 9.17) is 4.74 Å². The van der Waals surface area contributed by atoms with E-state index in [1.807, 2.05) is 30.3 Å². The Morgan fingerprint density at radius 1 is 1.20 bits per heavy atom. The van der Waals surface area contributed by atoms with Gasteiger partial charge in [0.1, 0.15) is 5.75 Å². The number of nitrogens with zero attached hydrogens (tertiary/aromatic N) is 2. The second-order valence-electron chi connectivity index (χ2n) is 7.01. The maximum Gasteiger partial charge on any atom is 0.319 e. The van der Waals surface area contributed by atoms with Crippen molar-refractivity contribution >= 4 is 23.3 Å². The Morgan fingerprint density at radius 2 is 2.03 bits per heavy atom. The lowest BCUT2D eigenvalue weighted by Gasteiger charge is -2.19. The molecule has 4 rings (SSSR count). The lowest BCUT2D eigenvalue weighted by atomic mass is 10.1. The van der Waals surface area contributed by atoms with Crippen LogP contribution in [0.2, 0.25) is 0 Å². The summed E-state index contributed by atoms with van der Waals surface area (Å²) in [6, 6.07) is 14.7. The van der Waals surface area contributed by atoms with E-state index in [1.165, 1.54) is 0 Å². The third-order valence-electron chi connectivity index (χ3n) is 5.02. The van der Waals surface area contributed by atoms with Crippen LogP contribution in [0.5, 0.6) is 5.75 Å². The van der Waals surface area contributed by atoms with Crippen molar-refractivity contribution < 1.29 is 14.3 Å². The molecule has 8 nitrogen and oxygen atoms in total. The summed E-state index contributed by atoms with van der Waals surface area (Å²) in [6.07, 6.45) is 3.10. The minimum absolute atomic E-state index is 0.0882. The van der Waals surface area contributed by atoms with Crippen LogP contribution < -0.4 is 20.3 Å². The quantitative estimate of drug-likeness (QED) is 0.584. The number of hydrogen-bond donors (Lipinski definition) is 3. The van der Waals surface area contributed by atoms with Crippen molar-refractivity contribution in [2.45, 2.75) is 19.4 Å². The van der Waals surface area contributed by atoms with E-state index in [0.717, 1.165) is 28.9 Å². The van der Waals surface area contributed by atoms with Gasteiger partial charge in [-0.3, -0.25) is 9.89 Å². The zero-order valence-corrected chi connectivity index (χ0v) is 16.6. The van der Waals surface area contributed by atoms with Crippen LogP contribution in [0, 0.1) is 0 Å². The first-order valence-electron chi connectivity index (χ1n) is 9.76. The number of aromatic nitrogens is 2. The van der Waals surface area contributed by atoms with Crippen molar-refractivity contribution in [3.8, 4) is 17.0 Å². The first-order chi connectivity index (χ1) is 14.6. The number of amides is 3. The second-order valence-corrected chi connectivity index (χ2v) is 7.01. The Kier molecular flexibility index (Phi) is 5.65. The minimum Gasteiger partial charge on any atom is -0.494 e. The van der Waals surface area contributed by atoms with E-state index in [9.17, 15) is 9.59 Å². The third kappa shape index (κ3) is 4.27. The predicted octanol–water partition coefficient (Wildman–Crippen LogP) is 3.53. The average molecular weight is 405 g/mol. The molecule has 3 aromatic rings. The van der Waals surface area contributed by atoms with E-state index >= 15 is 0 Å². The molecular weight excluding hydrogens is 382 g/mol. The fourth-order valence-corrected chi connectivity index (χ4v) is 3.46. The lowest BCUT2D eigenvalue weighted by molar-refractivity contribution is -0.117. The molecule has 0 radical (unpaired) electrons. The van der Waals surface area contributed by atoms with Gasteiger partial charge >= 0.3 is 6.03 Å². The van der Waals surface area contributed by atoms with Crippen LogP contribution in [0.3, 0.4) is 0 Å². The standard InChI is InChI=1S/C22H23N5O3/c1-30-20-13-17(8-9-19(20)27-12-2-3-21(27)28)25-22(29)23-14-15-4-6-16(7-5-15)18-10-11-24-26-18/h4-11,13H,2-3,12,14H2,1H3,(H,24,26)(H2,23,25,29). The summed E-state index contributed by atoms with van der Waals surface area (Å²) < 4.78 is 5.43. The highest BCUT2D eigenvalue weighted by molar-refractivity contribution is 5.97. The number of methoxy groups -OCH3 is 1. The number of benzene rings is 2. The molecule has 0 unspecified atom stereocenters. The Morgan fingerprint density at radius 3 is 2.70 bits per heavy atom. The molecule has 0 bridgehead atoms. The number of anilines is 2. The second kappa shape index (κ2) is 8.69. The molecule has 1 aliphatic rings. The van der Waals surface area contributed by atoms with Gasteiger partial charge < -0.3 is 20.3 Å². The summed E-state index contributed by atoms with van der Waals surface area (Å²) >= 11 is 0. The van der Waals surface area contributed by atoms with Gasteiger partial charge in [0.05, 0.1) is 18.5 Å². The van der Waals surface area contributed by atoms with Gasteiger partial charge in [-0.05, 0) is 35.7 Å². The number of rotatable bonds is 6. The molecule has 0 atom stereocenters. The molecule has 2 aromatic carbocycles. The summed E-state index contributed by atoms with van der Waals surface area (Å²) in [5, 5.41) is 12.5. The third-order valence-corrected chi connectivity index (χ3v) is 5.02. The number of ether oxygens (including phenoxy) is 1. The summed E-state index contributed by atoms with van der Waals surface area (Å²) in [7, 11) is 1.55. The molecule has 154 valence electrons. The highest BCUT2D eigenvalue weighted by Gasteiger charge is 2.24. The molecule has 3 N–H and O–H groups in total. The van der Waals surface area contributed by atoms with Crippen LogP contribution in [-0.4, -0.2) is 35.8 Å². The van der Waals surface area contributed by atoms with Crippen molar-refractivity contribution in [1.82, 2.24) is 15.5 Å². The Bertz CT molecular complexity index is 1030. The van der Waals surface area contributed by atoms with Crippen LogP contribution in [0.1, 0.15) is 18.4 Å². The molecule has 1 saturated heterocycles. The zero-order chi connectivity index (χ0) is 20.9. The van der Waals surface area contributed by atoms with E-state index in [2.05, 4.69) is 20.8 Å². The van der Waals surface area contributed by atoms with Crippen molar-refractivity contribution in [2.75, 3.05) is 23.9 Å². The topological polar surface area (TPSA) is 99.3 Å². The maximum absolute atomic E-state index is 12.3. The molecule has 30 heavy (non-hydrogen) atoms. The van der Waals surface area contributed by atoms with Gasteiger partial charge in [0.2, 0.25) is 5.91 Å². The fraction of sp³-hybridized carbons (Fsp3) is 0.227. The SMILES string of the molecule is COc1cc(NC(=O)NCc2ccc(-c3ccn[nH]3)cc2)ccc1N1CCCC1=O. The minimum atomic E-state index is -0.320. The van der Waals surface area contributed by atoms with Crippen molar-refractivity contribution in [1.29, 1.82) is 0 Å². The van der Waals surface area contributed by atoms with Crippen LogP contribution >= 0.6 is 0 Å². The van der Waals surface area contributed by atoms with Gasteiger partial charge in [-0.25, -0.2) is 4.79 Å². The maximum atomic E-state index is 12.3. The van der Waals surface area contributed by atoms with Crippen LogP contribution in [0.25, 0.3) is 11.3 Å². The van der Waals surface area contributed by atoms with Crippen LogP contribution in [0.4, 0.5) is 16.2 Å². The predicted molar refractivity (Wildman–Crippen MR) is 114 cm³/mol. The van der Waals surface area contributed by atoms with Crippen molar-refractivity contribution in [2.24, 2.45) is 0 Å². The molecule has 2 heterocycles. The monoisotopic (exact) mass is 405 g/mol. The molecule has 1 aliphatic heterocycles. The van der Waals surface area contributed by atoms with Crippen LogP contribution in [-0.2, 0) is 11.3 Å². The number of carbonyl (C=O) groups is 2. The number of aromatic amines is 1. The normalized spacial score (nSPS) is 13.4. The molecule has 0 spiro atoms. The van der Waals surface area contributed by atoms with Gasteiger partial charge in [0, 0.05) is 37.5 Å². The average Bonchev–Trinajstić information content (AvgIpc) is 3.45. The summed E-state index contributed by atoms with van der Waals surface area (Å²) in [5.74, 6) is 0.641. The van der Waals surface area contributed by atoms with E-state index < -0.39 is 0 Å². The number of H-pyrrole nitrogens is 1. The fourth-order valence-electron chi connectivity index (χ4n) is 3.46. The number of nitrogens with one attached hydrogen (secondary N) is 3. The number of hydrogen-bond acceptors (Lipinski definition) is 4. The molecular formula is C22H23N5O3. The smallest absolute Gasteiger partial charge is 0.319 e. The summed E-state index contributed by atoms with van der Waals surface area (Å²) in [6.45, 7) is 1.08. The molecule has 8 heteroatoms. The Labute approximate surface area is 174 Å². The highest BCUT2D eigenvalue weighted by atomic mass is 16.5. The van der Waals surface area contributed by atoms with E-state index in [1.54, 1.807) is 36.4 Å². The van der Waals surface area contributed by atoms with Crippen molar-refractivity contribution in [3.05, 3.63) is 60.3 Å². The molecule has 0 aliphatic carbocycles. The molecule has 3 amide bonds. The summed E-state index contributed by atoms with van der Waals surface area (Å²) in [5.41, 5.74) is 4.27.